The van der Waals surface area contributed by atoms with E-state index in [0.29, 0.717) is 46.7 Å². The molecule has 1 aliphatic heterocycles. The Morgan fingerprint density at radius 2 is 1.91 bits per heavy atom. The maximum absolute atomic E-state index is 13.6. The minimum absolute atomic E-state index is 0.0489. The summed E-state index contributed by atoms with van der Waals surface area (Å²) in [5.41, 5.74) is 2.60. The summed E-state index contributed by atoms with van der Waals surface area (Å²) in [6.45, 7) is 1.02. The highest BCUT2D eigenvalue weighted by molar-refractivity contribution is 7.12. The first-order valence-electron chi connectivity index (χ1n) is 10.9. The molecule has 2 heterocycles. The summed E-state index contributed by atoms with van der Waals surface area (Å²) in [4.78, 5) is 14.2. The van der Waals surface area contributed by atoms with Gasteiger partial charge in [-0.15, -0.1) is 11.3 Å². The molecule has 33 heavy (non-hydrogen) atoms. The van der Waals surface area contributed by atoms with E-state index in [1.165, 1.54) is 0 Å². The van der Waals surface area contributed by atoms with Gasteiger partial charge >= 0.3 is 6.18 Å². The Bertz CT molecular complexity index is 1160. The van der Waals surface area contributed by atoms with Crippen molar-refractivity contribution in [3.8, 4) is 16.9 Å². The summed E-state index contributed by atoms with van der Waals surface area (Å²) >= 11 is 0.713. The first-order valence-corrected chi connectivity index (χ1v) is 11.7. The molecule has 1 amide bonds. The maximum atomic E-state index is 13.6. The highest BCUT2D eigenvalue weighted by Crippen LogP contribution is 2.43. The molecule has 0 saturated heterocycles. The molecule has 0 radical (unpaired) electrons. The third-order valence-corrected chi connectivity index (χ3v) is 7.03. The van der Waals surface area contributed by atoms with E-state index in [1.807, 2.05) is 12.1 Å². The Morgan fingerprint density at radius 1 is 1.12 bits per heavy atom. The van der Waals surface area contributed by atoms with Crippen molar-refractivity contribution in [3.63, 3.8) is 0 Å². The molecule has 0 bridgehead atoms. The van der Waals surface area contributed by atoms with Crippen LogP contribution in [0.3, 0.4) is 0 Å². The monoisotopic (exact) mass is 472 g/mol. The van der Waals surface area contributed by atoms with Gasteiger partial charge in [-0.05, 0) is 54.7 Å². The average Bonchev–Trinajstić information content (AvgIpc) is 3.37. The van der Waals surface area contributed by atoms with Gasteiger partial charge in [-0.3, -0.25) is 4.79 Å². The molecule has 8 heteroatoms. The Hall–Kier alpha value is -2.84. The van der Waals surface area contributed by atoms with E-state index in [1.54, 1.807) is 47.4 Å². The zero-order valence-corrected chi connectivity index (χ0v) is 18.6. The molecule has 0 unspecified atom stereocenters. The second-order valence-electron chi connectivity index (χ2n) is 8.35. The van der Waals surface area contributed by atoms with Gasteiger partial charge in [-0.2, -0.15) is 13.2 Å². The molecule has 1 fully saturated rings. The van der Waals surface area contributed by atoms with Crippen LogP contribution in [0.1, 0.15) is 28.2 Å². The van der Waals surface area contributed by atoms with Crippen LogP contribution in [0.4, 0.5) is 18.9 Å². The number of nitrogens with one attached hydrogen (secondary N) is 1. The van der Waals surface area contributed by atoms with Gasteiger partial charge in [0.25, 0.3) is 0 Å². The first-order chi connectivity index (χ1) is 15.9. The fraction of sp³-hybridized carbons (Fsp3) is 0.320. The molecule has 172 valence electrons. The topological polar surface area (TPSA) is 41.6 Å². The number of hydrogen-bond acceptors (Lipinski definition) is 4. The van der Waals surface area contributed by atoms with Gasteiger partial charge in [-0.1, -0.05) is 30.3 Å². The number of hydrogen-bond donors (Lipinski definition) is 1. The van der Waals surface area contributed by atoms with Crippen LogP contribution in [-0.2, 0) is 24.0 Å². The highest BCUT2D eigenvalue weighted by atomic mass is 32.1. The van der Waals surface area contributed by atoms with Crippen molar-refractivity contribution in [2.75, 3.05) is 18.0 Å². The van der Waals surface area contributed by atoms with Crippen molar-refractivity contribution in [2.45, 2.75) is 38.1 Å². The molecule has 1 aliphatic carbocycles. The van der Waals surface area contributed by atoms with Crippen LogP contribution in [-0.4, -0.2) is 25.0 Å². The fourth-order valence-corrected chi connectivity index (χ4v) is 5.01. The largest absolute Gasteiger partial charge is 0.488 e. The zero-order valence-electron chi connectivity index (χ0n) is 17.8. The number of ether oxygens (including phenoxy) is 1. The normalized spacial score (nSPS) is 15.5. The van der Waals surface area contributed by atoms with E-state index in [2.05, 4.69) is 5.32 Å². The number of fused-ring (bicyclic) bond motifs is 1. The highest BCUT2D eigenvalue weighted by Gasteiger charge is 2.36. The Labute approximate surface area is 194 Å². The number of halogens is 3. The molecule has 1 saturated carbocycles. The van der Waals surface area contributed by atoms with Crippen LogP contribution in [0, 0.1) is 0 Å². The number of thiophene rings is 1. The Balaban J connectivity index is 1.28. The standard InChI is InChI=1S/C25H23F3N2O2S/c26-25(27,28)24-21(16-4-2-1-3-5-16)13-20(33-24)15-32-19-8-9-22-17(12-19)10-11-30(22)23(31)14-29-18-6-7-18/h1-5,8-9,12-13,18,29H,6-7,10-11,14-15H2. The molecule has 0 spiro atoms. The van der Waals surface area contributed by atoms with E-state index in [9.17, 15) is 18.0 Å². The van der Waals surface area contributed by atoms with Crippen LogP contribution in [0.15, 0.2) is 54.6 Å². The van der Waals surface area contributed by atoms with Gasteiger partial charge < -0.3 is 15.0 Å². The average molecular weight is 473 g/mol. The number of anilines is 1. The zero-order chi connectivity index (χ0) is 23.0. The van der Waals surface area contributed by atoms with Gasteiger partial charge in [-0.25, -0.2) is 0 Å². The van der Waals surface area contributed by atoms with Crippen LogP contribution in [0.5, 0.6) is 5.75 Å². The predicted molar refractivity (Wildman–Crippen MR) is 123 cm³/mol. The molecule has 1 aromatic heterocycles. The van der Waals surface area contributed by atoms with Gasteiger partial charge in [0.05, 0.1) is 6.54 Å². The summed E-state index contributed by atoms with van der Waals surface area (Å²) in [5, 5.41) is 3.25. The third-order valence-electron chi connectivity index (χ3n) is 5.87. The number of carbonyl (C=O) groups is 1. The van der Waals surface area contributed by atoms with E-state index >= 15 is 0 Å². The predicted octanol–water partition coefficient (Wildman–Crippen LogP) is 5.65. The minimum Gasteiger partial charge on any atom is -0.488 e. The summed E-state index contributed by atoms with van der Waals surface area (Å²) in [6, 6.07) is 16.1. The number of carbonyl (C=O) groups excluding carboxylic acids is 1. The number of alkyl halides is 3. The van der Waals surface area contributed by atoms with Crippen molar-refractivity contribution >= 4 is 22.9 Å². The molecular formula is C25H23F3N2O2S. The SMILES string of the molecule is O=C(CNC1CC1)N1CCc2cc(OCc3cc(-c4ccccc4)c(C(F)(F)F)s3)ccc21. The van der Waals surface area contributed by atoms with Crippen LogP contribution >= 0.6 is 11.3 Å². The van der Waals surface area contributed by atoms with Crippen molar-refractivity contribution in [1.29, 1.82) is 0 Å². The number of amides is 1. The lowest BCUT2D eigenvalue weighted by Gasteiger charge is -2.18. The fourth-order valence-electron chi connectivity index (χ4n) is 4.05. The van der Waals surface area contributed by atoms with Crippen molar-refractivity contribution in [3.05, 3.63) is 69.9 Å². The van der Waals surface area contributed by atoms with Gasteiger partial charge in [0.15, 0.2) is 0 Å². The van der Waals surface area contributed by atoms with E-state index < -0.39 is 11.1 Å². The summed E-state index contributed by atoms with van der Waals surface area (Å²) < 4.78 is 46.6. The lowest BCUT2D eigenvalue weighted by molar-refractivity contribution is -0.133. The Kier molecular flexibility index (Phi) is 5.88. The van der Waals surface area contributed by atoms with Crippen molar-refractivity contribution in [1.82, 2.24) is 5.32 Å². The van der Waals surface area contributed by atoms with E-state index in [4.69, 9.17) is 4.74 Å². The van der Waals surface area contributed by atoms with E-state index in [-0.39, 0.29) is 18.1 Å². The molecule has 0 atom stereocenters. The molecule has 1 N–H and O–H groups in total. The van der Waals surface area contributed by atoms with Gasteiger partial charge in [0.2, 0.25) is 5.91 Å². The van der Waals surface area contributed by atoms with Crippen molar-refractivity contribution < 1.29 is 22.7 Å². The van der Waals surface area contributed by atoms with Crippen LogP contribution in [0.2, 0.25) is 0 Å². The summed E-state index contributed by atoms with van der Waals surface area (Å²) in [6.07, 6.45) is -1.43. The van der Waals surface area contributed by atoms with Gasteiger partial charge in [0.1, 0.15) is 17.2 Å². The number of nitrogens with zero attached hydrogens (tertiary/aromatic N) is 1. The quantitative estimate of drug-likeness (QED) is 0.483. The summed E-state index contributed by atoms with van der Waals surface area (Å²) in [5.74, 6) is 0.642. The number of benzene rings is 2. The van der Waals surface area contributed by atoms with Crippen LogP contribution < -0.4 is 15.0 Å². The molecule has 2 aliphatic rings. The van der Waals surface area contributed by atoms with Crippen LogP contribution in [0.25, 0.3) is 11.1 Å². The number of rotatable bonds is 7. The molecule has 4 nitrogen and oxygen atoms in total. The van der Waals surface area contributed by atoms with Crippen molar-refractivity contribution in [2.24, 2.45) is 0 Å². The Morgan fingerprint density at radius 3 is 2.64 bits per heavy atom. The minimum atomic E-state index is -4.42. The molecular weight excluding hydrogens is 449 g/mol. The molecule has 5 rings (SSSR count). The van der Waals surface area contributed by atoms with Gasteiger partial charge in [0, 0.05) is 28.7 Å². The second-order valence-corrected chi connectivity index (χ2v) is 9.49. The summed E-state index contributed by atoms with van der Waals surface area (Å²) in [7, 11) is 0. The first kappa shape index (κ1) is 22.0. The smallest absolute Gasteiger partial charge is 0.426 e. The van der Waals surface area contributed by atoms with E-state index in [0.717, 1.165) is 30.5 Å². The molecule has 2 aromatic carbocycles. The maximum Gasteiger partial charge on any atom is 0.426 e. The lowest BCUT2D eigenvalue weighted by Crippen LogP contribution is -2.37. The third kappa shape index (κ3) is 4.91. The lowest BCUT2D eigenvalue weighted by atomic mass is 10.1. The second kappa shape index (κ2) is 8.83. The molecule has 3 aromatic rings.